The highest BCUT2D eigenvalue weighted by Gasteiger charge is 2.09. The first-order valence-corrected chi connectivity index (χ1v) is 8.68. The number of amides is 1. The number of fused-ring (bicyclic) bond motifs is 1. The van der Waals surface area contributed by atoms with Gasteiger partial charge in [-0.1, -0.05) is 29.8 Å². The lowest BCUT2D eigenvalue weighted by Gasteiger charge is -2.13. The highest BCUT2D eigenvalue weighted by Crippen LogP contribution is 2.30. The Kier molecular flexibility index (Phi) is 5.58. The second kappa shape index (κ2) is 8.06. The number of pyridine rings is 1. The molecule has 1 amide bonds. The number of para-hydroxylation sites is 1. The number of aromatic nitrogens is 1. The fourth-order valence-electron chi connectivity index (χ4n) is 2.70. The van der Waals surface area contributed by atoms with Crippen molar-refractivity contribution in [2.45, 2.75) is 13.3 Å². The van der Waals surface area contributed by atoms with Crippen molar-refractivity contribution in [1.29, 1.82) is 0 Å². The number of hydrogen-bond acceptors (Lipinski definition) is 4. The number of nitrogens with zero attached hydrogens (tertiary/aromatic N) is 1. The number of benzene rings is 2. The maximum absolute atomic E-state index is 12.3. The lowest BCUT2D eigenvalue weighted by molar-refractivity contribution is -0.115. The minimum absolute atomic E-state index is 0.0831. The minimum atomic E-state index is -0.0831. The van der Waals surface area contributed by atoms with Crippen LogP contribution in [0.15, 0.2) is 48.7 Å². The van der Waals surface area contributed by atoms with E-state index < -0.39 is 0 Å². The van der Waals surface area contributed by atoms with Gasteiger partial charge in [-0.15, -0.1) is 0 Å². The number of nitrogens with one attached hydrogen (secondary N) is 2. The normalized spacial score (nSPS) is 10.6. The molecule has 2 aromatic carbocycles. The Hall–Kier alpha value is -2.79. The van der Waals surface area contributed by atoms with E-state index in [1.165, 1.54) is 0 Å². The molecule has 0 spiro atoms. The summed E-state index contributed by atoms with van der Waals surface area (Å²) in [4.78, 5) is 16.6. The number of ether oxygens (including phenoxy) is 1. The first-order valence-electron chi connectivity index (χ1n) is 8.30. The van der Waals surface area contributed by atoms with E-state index in [1.54, 1.807) is 19.4 Å². The zero-order valence-electron chi connectivity index (χ0n) is 14.7. The van der Waals surface area contributed by atoms with Gasteiger partial charge in [0.15, 0.2) is 0 Å². The van der Waals surface area contributed by atoms with E-state index in [4.69, 9.17) is 16.3 Å². The molecule has 0 aliphatic carbocycles. The van der Waals surface area contributed by atoms with E-state index in [0.29, 0.717) is 29.4 Å². The van der Waals surface area contributed by atoms with Crippen molar-refractivity contribution in [3.63, 3.8) is 0 Å². The summed E-state index contributed by atoms with van der Waals surface area (Å²) in [6, 6.07) is 13.2. The molecule has 3 aromatic rings. The van der Waals surface area contributed by atoms with Gasteiger partial charge in [0, 0.05) is 35.6 Å². The van der Waals surface area contributed by atoms with E-state index in [2.05, 4.69) is 15.6 Å². The monoisotopic (exact) mass is 369 g/mol. The quantitative estimate of drug-likeness (QED) is 0.664. The number of halogens is 1. The summed E-state index contributed by atoms with van der Waals surface area (Å²) in [5.74, 6) is 0.569. The van der Waals surface area contributed by atoms with Gasteiger partial charge in [-0.3, -0.25) is 9.78 Å². The molecule has 5 nitrogen and oxygen atoms in total. The predicted octanol–water partition coefficient (Wildman–Crippen LogP) is 4.65. The third-order valence-electron chi connectivity index (χ3n) is 4.06. The van der Waals surface area contributed by atoms with Gasteiger partial charge in [-0.25, -0.2) is 0 Å². The van der Waals surface area contributed by atoms with E-state index in [1.807, 2.05) is 43.3 Å². The molecule has 6 heteroatoms. The number of carbonyl (C=O) groups is 1. The van der Waals surface area contributed by atoms with Crippen LogP contribution in [0.2, 0.25) is 5.02 Å². The summed E-state index contributed by atoms with van der Waals surface area (Å²) in [6.07, 6.45) is 2.03. The molecule has 0 saturated carbocycles. The van der Waals surface area contributed by atoms with Crippen LogP contribution in [-0.2, 0) is 4.79 Å². The smallest absolute Gasteiger partial charge is 0.226 e. The lowest BCUT2D eigenvalue weighted by atomic mass is 10.2. The molecule has 0 aliphatic heterocycles. The van der Waals surface area contributed by atoms with Gasteiger partial charge in [0.2, 0.25) is 5.91 Å². The Morgan fingerprint density at radius 2 is 2.00 bits per heavy atom. The molecule has 0 unspecified atom stereocenters. The Balaban J connectivity index is 1.62. The van der Waals surface area contributed by atoms with Crippen LogP contribution in [0.25, 0.3) is 10.9 Å². The van der Waals surface area contributed by atoms with Crippen molar-refractivity contribution in [2.75, 3.05) is 24.3 Å². The zero-order chi connectivity index (χ0) is 18.5. The molecular formula is C20H20ClN3O2. The Morgan fingerprint density at radius 3 is 2.81 bits per heavy atom. The predicted molar refractivity (Wildman–Crippen MR) is 106 cm³/mol. The lowest BCUT2D eigenvalue weighted by Crippen LogP contribution is -2.16. The number of carbonyl (C=O) groups excluding carboxylic acids is 1. The van der Waals surface area contributed by atoms with Crippen LogP contribution >= 0.6 is 11.6 Å². The van der Waals surface area contributed by atoms with Crippen LogP contribution < -0.4 is 15.4 Å². The standard InChI is InChI=1S/C20H20ClN3O2/c1-13-11-17(18(26-2)12-15(13)21)22-10-8-19(25)24-16-7-3-5-14-6-4-9-23-20(14)16/h3-7,9,11-12,22H,8,10H2,1-2H3,(H,24,25). The second-order valence-corrected chi connectivity index (χ2v) is 6.31. The second-order valence-electron chi connectivity index (χ2n) is 5.91. The zero-order valence-corrected chi connectivity index (χ0v) is 15.4. The maximum Gasteiger partial charge on any atom is 0.226 e. The number of hydrogen-bond donors (Lipinski definition) is 2. The van der Waals surface area contributed by atoms with Gasteiger partial charge in [0.05, 0.1) is 24.0 Å². The fraction of sp³-hybridized carbons (Fsp3) is 0.200. The third-order valence-corrected chi connectivity index (χ3v) is 4.46. The third kappa shape index (κ3) is 4.06. The molecule has 0 bridgehead atoms. The Labute approximate surface area is 157 Å². The van der Waals surface area contributed by atoms with Gasteiger partial charge < -0.3 is 15.4 Å². The van der Waals surface area contributed by atoms with Crippen molar-refractivity contribution in [1.82, 2.24) is 4.98 Å². The molecule has 134 valence electrons. The van der Waals surface area contributed by atoms with Crippen molar-refractivity contribution < 1.29 is 9.53 Å². The van der Waals surface area contributed by atoms with E-state index >= 15 is 0 Å². The van der Waals surface area contributed by atoms with Crippen LogP contribution in [0.3, 0.4) is 0 Å². The van der Waals surface area contributed by atoms with Crippen molar-refractivity contribution >= 4 is 39.8 Å². The summed E-state index contributed by atoms with van der Waals surface area (Å²) >= 11 is 6.11. The van der Waals surface area contributed by atoms with Crippen molar-refractivity contribution in [3.8, 4) is 5.75 Å². The number of aryl methyl sites for hydroxylation is 1. The van der Waals surface area contributed by atoms with E-state index in [9.17, 15) is 4.79 Å². The summed E-state index contributed by atoms with van der Waals surface area (Å²) in [5, 5.41) is 7.79. The van der Waals surface area contributed by atoms with Gasteiger partial charge >= 0.3 is 0 Å². The fourth-order valence-corrected chi connectivity index (χ4v) is 2.85. The molecule has 3 rings (SSSR count). The minimum Gasteiger partial charge on any atom is -0.495 e. The van der Waals surface area contributed by atoms with E-state index in [-0.39, 0.29) is 5.91 Å². The molecule has 0 atom stereocenters. The van der Waals surface area contributed by atoms with Gasteiger partial charge in [-0.2, -0.15) is 0 Å². The van der Waals surface area contributed by atoms with Gasteiger partial charge in [-0.05, 0) is 30.7 Å². The van der Waals surface area contributed by atoms with Crippen LogP contribution in [0.1, 0.15) is 12.0 Å². The molecule has 2 N–H and O–H groups in total. The molecule has 1 heterocycles. The summed E-state index contributed by atoms with van der Waals surface area (Å²) < 4.78 is 5.33. The first-order chi connectivity index (χ1) is 12.6. The molecule has 0 aliphatic rings. The highest BCUT2D eigenvalue weighted by atomic mass is 35.5. The maximum atomic E-state index is 12.3. The number of methoxy groups -OCH3 is 1. The van der Waals surface area contributed by atoms with Crippen LogP contribution in [0, 0.1) is 6.92 Å². The van der Waals surface area contributed by atoms with Crippen LogP contribution in [-0.4, -0.2) is 24.5 Å². The summed E-state index contributed by atoms with van der Waals surface area (Å²) in [7, 11) is 1.59. The van der Waals surface area contributed by atoms with Crippen LogP contribution in [0.5, 0.6) is 5.75 Å². The van der Waals surface area contributed by atoms with Crippen molar-refractivity contribution in [2.24, 2.45) is 0 Å². The van der Waals surface area contributed by atoms with Crippen molar-refractivity contribution in [3.05, 3.63) is 59.2 Å². The average molecular weight is 370 g/mol. The Bertz CT molecular complexity index is 938. The highest BCUT2D eigenvalue weighted by molar-refractivity contribution is 6.31. The SMILES string of the molecule is COc1cc(Cl)c(C)cc1NCCC(=O)Nc1cccc2cccnc12. The molecule has 0 saturated heterocycles. The molecule has 26 heavy (non-hydrogen) atoms. The topological polar surface area (TPSA) is 63.2 Å². The number of rotatable bonds is 6. The first kappa shape index (κ1) is 18.0. The largest absolute Gasteiger partial charge is 0.495 e. The van der Waals surface area contributed by atoms with Gasteiger partial charge in [0.1, 0.15) is 5.75 Å². The van der Waals surface area contributed by atoms with Crippen LogP contribution in [0.4, 0.5) is 11.4 Å². The van der Waals surface area contributed by atoms with E-state index in [0.717, 1.165) is 22.2 Å². The molecule has 1 aromatic heterocycles. The molecular weight excluding hydrogens is 350 g/mol. The number of anilines is 2. The molecule has 0 radical (unpaired) electrons. The molecule has 0 fully saturated rings. The average Bonchev–Trinajstić information content (AvgIpc) is 2.64. The summed E-state index contributed by atoms with van der Waals surface area (Å²) in [5.41, 5.74) is 3.26. The van der Waals surface area contributed by atoms with Gasteiger partial charge in [0.25, 0.3) is 0 Å². The summed E-state index contributed by atoms with van der Waals surface area (Å²) in [6.45, 7) is 2.40. The Morgan fingerprint density at radius 1 is 1.19 bits per heavy atom.